The zero-order chi connectivity index (χ0) is 8.57. The SMILES string of the molecule is O=[P+](O)O.[CH2-]C(=O)CCC.[Na+]. The Balaban J connectivity index is -0.000000114. The van der Waals surface area contributed by atoms with Crippen LogP contribution in [0, 0.1) is 6.92 Å². The molecule has 0 heterocycles. The quantitative estimate of drug-likeness (QED) is 0.294. The van der Waals surface area contributed by atoms with Gasteiger partial charge in [-0.05, 0) is 12.2 Å². The molecule has 0 aromatic carbocycles. The summed E-state index contributed by atoms with van der Waals surface area (Å²) in [6.07, 6.45) is 1.54. The molecule has 0 bridgehead atoms. The summed E-state index contributed by atoms with van der Waals surface area (Å²) in [6.45, 7) is 5.15. The van der Waals surface area contributed by atoms with Gasteiger partial charge in [-0.1, -0.05) is 13.3 Å². The molecular formula is C5H11NaO4P+. The van der Waals surface area contributed by atoms with E-state index < -0.39 is 8.25 Å². The van der Waals surface area contributed by atoms with Gasteiger partial charge < -0.3 is 11.7 Å². The van der Waals surface area contributed by atoms with Crippen LogP contribution in [0.4, 0.5) is 0 Å². The van der Waals surface area contributed by atoms with Crippen LogP contribution < -0.4 is 29.6 Å². The monoisotopic (exact) mass is 189 g/mol. The van der Waals surface area contributed by atoms with Crippen molar-refractivity contribution < 1.29 is 48.7 Å². The van der Waals surface area contributed by atoms with Gasteiger partial charge in [0.1, 0.15) is 0 Å². The van der Waals surface area contributed by atoms with Crippen molar-refractivity contribution in [3.05, 3.63) is 6.92 Å². The summed E-state index contributed by atoms with van der Waals surface area (Å²) < 4.78 is 8.70. The molecule has 0 amide bonds. The van der Waals surface area contributed by atoms with Crippen molar-refractivity contribution in [3.63, 3.8) is 0 Å². The average molecular weight is 189 g/mol. The second-order valence-corrected chi connectivity index (χ2v) is 2.05. The molecule has 0 rings (SSSR count). The number of carbonyl (C=O) groups excluding carboxylic acids is 1. The third-order valence-electron chi connectivity index (χ3n) is 0.529. The Morgan fingerprint density at radius 3 is 1.82 bits per heavy atom. The molecule has 0 saturated carbocycles. The largest absolute Gasteiger partial charge is 1.00 e. The molecule has 0 saturated heterocycles. The van der Waals surface area contributed by atoms with Crippen molar-refractivity contribution in [1.82, 2.24) is 0 Å². The molecule has 11 heavy (non-hydrogen) atoms. The van der Waals surface area contributed by atoms with Crippen LogP contribution in [0.25, 0.3) is 0 Å². The summed E-state index contributed by atoms with van der Waals surface area (Å²) in [5.41, 5.74) is 0. The van der Waals surface area contributed by atoms with Crippen LogP contribution in [0.1, 0.15) is 19.8 Å². The maximum absolute atomic E-state index is 9.93. The number of hydrogen-bond donors (Lipinski definition) is 2. The predicted molar refractivity (Wildman–Crippen MR) is 37.3 cm³/mol. The molecule has 0 aliphatic heterocycles. The first-order valence-electron chi connectivity index (χ1n) is 2.70. The van der Waals surface area contributed by atoms with Crippen molar-refractivity contribution in [2.24, 2.45) is 0 Å². The smallest absolute Gasteiger partial charge is 0.339 e. The summed E-state index contributed by atoms with van der Waals surface area (Å²) in [6, 6.07) is 0. The van der Waals surface area contributed by atoms with E-state index in [1.54, 1.807) is 0 Å². The van der Waals surface area contributed by atoms with Gasteiger partial charge in [0.25, 0.3) is 0 Å². The van der Waals surface area contributed by atoms with E-state index in [0.717, 1.165) is 6.42 Å². The summed E-state index contributed by atoms with van der Waals surface area (Å²) in [7, 11) is -2.87. The van der Waals surface area contributed by atoms with E-state index in [1.165, 1.54) is 0 Å². The normalized spacial score (nSPS) is 6.82. The molecule has 4 nitrogen and oxygen atoms in total. The van der Waals surface area contributed by atoms with Gasteiger partial charge in [-0.3, -0.25) is 0 Å². The standard InChI is InChI=1S/C5H9O.Na.HO3P/c1-3-4-5(2)6;;1-4(2)3/h2-4H2,1H3;;(H-,1,2,3)/q-1;+1;/p+1. The summed E-state index contributed by atoms with van der Waals surface area (Å²) in [5.74, 6) is 0.0394. The van der Waals surface area contributed by atoms with Gasteiger partial charge in [-0.2, -0.15) is 0 Å². The van der Waals surface area contributed by atoms with E-state index in [-0.39, 0.29) is 35.3 Å². The van der Waals surface area contributed by atoms with Crippen LogP contribution >= 0.6 is 8.25 Å². The van der Waals surface area contributed by atoms with Gasteiger partial charge in [0.05, 0.1) is 0 Å². The van der Waals surface area contributed by atoms with Crippen LogP contribution in [0.3, 0.4) is 0 Å². The number of hydrogen-bond acceptors (Lipinski definition) is 2. The van der Waals surface area contributed by atoms with E-state index in [0.29, 0.717) is 6.42 Å². The molecule has 0 aromatic heterocycles. The number of rotatable bonds is 2. The van der Waals surface area contributed by atoms with E-state index in [1.807, 2.05) is 6.92 Å². The maximum atomic E-state index is 9.93. The number of Topliss-reactive ketones (excluding diaryl/α,β-unsaturated/α-hetero) is 1. The molecule has 0 aromatic rings. The third kappa shape index (κ3) is 61.1. The Morgan fingerprint density at radius 1 is 1.55 bits per heavy atom. The van der Waals surface area contributed by atoms with E-state index >= 15 is 0 Å². The fourth-order valence-electron chi connectivity index (χ4n) is 0.279. The average Bonchev–Trinajstić information content (AvgIpc) is 1.62. The van der Waals surface area contributed by atoms with Crippen LogP contribution in [0.2, 0.25) is 0 Å². The van der Waals surface area contributed by atoms with Crippen molar-refractivity contribution in [2.75, 3.05) is 0 Å². The summed E-state index contributed by atoms with van der Waals surface area (Å²) in [5, 5.41) is 0. The van der Waals surface area contributed by atoms with Crippen molar-refractivity contribution in [3.8, 4) is 0 Å². The van der Waals surface area contributed by atoms with Crippen LogP contribution in [-0.2, 0) is 9.36 Å². The Bertz CT molecular complexity index is 113. The van der Waals surface area contributed by atoms with E-state index in [9.17, 15) is 4.79 Å². The van der Waals surface area contributed by atoms with Crippen molar-refractivity contribution in [1.29, 1.82) is 0 Å². The topological polar surface area (TPSA) is 74.6 Å². The minimum Gasteiger partial charge on any atom is -0.339 e. The van der Waals surface area contributed by atoms with Gasteiger partial charge in [-0.25, -0.2) is 0 Å². The number of carbonyl (C=O) groups is 1. The molecule has 0 aliphatic rings. The molecule has 0 radical (unpaired) electrons. The molecule has 0 aliphatic carbocycles. The Kier molecular flexibility index (Phi) is 21.1. The zero-order valence-electron chi connectivity index (χ0n) is 6.78. The first-order chi connectivity index (χ1) is 4.50. The van der Waals surface area contributed by atoms with Crippen molar-refractivity contribution >= 4 is 14.0 Å². The molecule has 60 valence electrons. The maximum Gasteiger partial charge on any atom is 1.00 e. The molecule has 2 N–H and O–H groups in total. The minimum absolute atomic E-state index is 0. The molecule has 0 fully saturated rings. The first-order valence-corrected chi connectivity index (χ1v) is 3.87. The Labute approximate surface area is 89.2 Å². The van der Waals surface area contributed by atoms with Crippen LogP contribution in [0.15, 0.2) is 0 Å². The molecule has 0 atom stereocenters. The van der Waals surface area contributed by atoms with Gasteiger partial charge in [0.2, 0.25) is 0 Å². The first kappa shape index (κ1) is 17.6. The van der Waals surface area contributed by atoms with E-state index in [4.69, 9.17) is 14.4 Å². The number of ketones is 1. The zero-order valence-corrected chi connectivity index (χ0v) is 9.67. The van der Waals surface area contributed by atoms with Crippen molar-refractivity contribution in [2.45, 2.75) is 19.8 Å². The molecule has 0 spiro atoms. The Hall–Kier alpha value is 0.560. The summed E-state index contributed by atoms with van der Waals surface area (Å²) in [4.78, 5) is 24.2. The van der Waals surface area contributed by atoms with E-state index in [2.05, 4.69) is 6.92 Å². The van der Waals surface area contributed by atoms with Gasteiger partial charge in [0.15, 0.2) is 0 Å². The van der Waals surface area contributed by atoms with Crippen LogP contribution in [-0.4, -0.2) is 15.6 Å². The fourth-order valence-corrected chi connectivity index (χ4v) is 0.279. The Morgan fingerprint density at radius 2 is 1.82 bits per heavy atom. The molecule has 6 heteroatoms. The second kappa shape index (κ2) is 13.2. The van der Waals surface area contributed by atoms with Gasteiger partial charge >= 0.3 is 37.8 Å². The summed E-state index contributed by atoms with van der Waals surface area (Å²) >= 11 is 0. The molecular weight excluding hydrogens is 178 g/mol. The van der Waals surface area contributed by atoms with Gasteiger partial charge in [0, 0.05) is 4.57 Å². The molecule has 0 unspecified atom stereocenters. The van der Waals surface area contributed by atoms with Crippen LogP contribution in [0.5, 0.6) is 0 Å². The predicted octanol–water partition coefficient (Wildman–Crippen LogP) is -2.18. The fraction of sp³-hybridized carbons (Fsp3) is 0.600. The minimum atomic E-state index is -2.87. The van der Waals surface area contributed by atoms with Gasteiger partial charge in [-0.15, -0.1) is 9.79 Å². The third-order valence-corrected chi connectivity index (χ3v) is 0.529. The second-order valence-electron chi connectivity index (χ2n) is 1.54.